The third kappa shape index (κ3) is 5.70. The second-order valence-corrected chi connectivity index (χ2v) is 5.73. The summed E-state index contributed by atoms with van der Waals surface area (Å²) >= 11 is 0. The van der Waals surface area contributed by atoms with E-state index < -0.39 is 5.97 Å². The average molecular weight is 337 g/mol. The van der Waals surface area contributed by atoms with Crippen molar-refractivity contribution in [1.29, 1.82) is 0 Å². The van der Waals surface area contributed by atoms with Crippen LogP contribution in [0.4, 0.5) is 5.69 Å². The van der Waals surface area contributed by atoms with Gasteiger partial charge in [-0.25, -0.2) is 4.79 Å². The predicted octanol–water partition coefficient (Wildman–Crippen LogP) is 3.34. The molecule has 0 aliphatic carbocycles. The van der Waals surface area contributed by atoms with Gasteiger partial charge in [0, 0.05) is 11.3 Å². The molecule has 2 rings (SSSR count). The van der Waals surface area contributed by atoms with Gasteiger partial charge in [0.25, 0.3) is 0 Å². The highest BCUT2D eigenvalue weighted by Gasteiger charge is 2.10. The fraction of sp³-hybridized carbons (Fsp3) is 0.200. The molecule has 0 saturated heterocycles. The smallest absolute Gasteiger partial charge is 0.326 e. The minimum Gasteiger partial charge on any atom is -0.326 e. The van der Waals surface area contributed by atoms with Crippen LogP contribution in [-0.4, -0.2) is 11.9 Å². The van der Waals surface area contributed by atoms with E-state index in [1.165, 1.54) is 0 Å². The summed E-state index contributed by atoms with van der Waals surface area (Å²) in [6.07, 6.45) is 5.50. The highest BCUT2D eigenvalue weighted by molar-refractivity contribution is 5.92. The van der Waals surface area contributed by atoms with Gasteiger partial charge in [0.15, 0.2) is 5.75 Å². The number of amides is 1. The Hall–Kier alpha value is -3.26. The first-order valence-electron chi connectivity index (χ1n) is 7.82. The number of anilines is 1. The first-order valence-corrected chi connectivity index (χ1v) is 7.82. The summed E-state index contributed by atoms with van der Waals surface area (Å²) in [6, 6.07) is 13.8. The van der Waals surface area contributed by atoms with Crippen LogP contribution in [-0.2, 0) is 20.9 Å². The van der Waals surface area contributed by atoms with E-state index in [1.54, 1.807) is 62.4 Å². The van der Waals surface area contributed by atoms with E-state index >= 15 is 0 Å². The number of nitrogens with one attached hydrogen (secondary N) is 1. The van der Waals surface area contributed by atoms with E-state index in [0.717, 1.165) is 11.1 Å². The Balaban J connectivity index is 1.86. The van der Waals surface area contributed by atoms with Crippen LogP contribution in [0, 0.1) is 18.3 Å². The van der Waals surface area contributed by atoms with Crippen LogP contribution in [0.25, 0.3) is 0 Å². The van der Waals surface area contributed by atoms with Crippen molar-refractivity contribution in [2.45, 2.75) is 20.3 Å². The van der Waals surface area contributed by atoms with Gasteiger partial charge in [-0.1, -0.05) is 31.9 Å². The Kier molecular flexibility index (Phi) is 6.19. The van der Waals surface area contributed by atoms with Gasteiger partial charge >= 0.3 is 5.97 Å². The summed E-state index contributed by atoms with van der Waals surface area (Å²) in [5.74, 6) is 2.06. The van der Waals surface area contributed by atoms with E-state index in [2.05, 4.69) is 16.1 Å². The van der Waals surface area contributed by atoms with Crippen molar-refractivity contribution in [3.8, 4) is 18.1 Å². The number of hydrogen-bond donors (Lipinski definition) is 1. The molecule has 0 aliphatic rings. The predicted molar refractivity (Wildman–Crippen MR) is 94.7 cm³/mol. The Bertz CT molecular complexity index is 771. The van der Waals surface area contributed by atoms with Gasteiger partial charge in [0.1, 0.15) is 0 Å². The van der Waals surface area contributed by atoms with Gasteiger partial charge in [-0.3, -0.25) is 14.6 Å². The van der Waals surface area contributed by atoms with Gasteiger partial charge in [0.2, 0.25) is 5.91 Å². The highest BCUT2D eigenvalue weighted by atomic mass is 17.2. The third-order valence-corrected chi connectivity index (χ3v) is 3.31. The summed E-state index contributed by atoms with van der Waals surface area (Å²) in [6.45, 7) is 3.43. The number of terminal acetylenes is 1. The Labute approximate surface area is 146 Å². The van der Waals surface area contributed by atoms with Gasteiger partial charge in [-0.15, -0.1) is 6.42 Å². The molecule has 0 saturated carbocycles. The zero-order valence-corrected chi connectivity index (χ0v) is 14.1. The summed E-state index contributed by atoms with van der Waals surface area (Å²) in [5, 5.41) is 2.80. The topological polar surface area (TPSA) is 64.6 Å². The number of benzene rings is 2. The van der Waals surface area contributed by atoms with Crippen molar-refractivity contribution in [1.82, 2.24) is 0 Å². The van der Waals surface area contributed by atoms with E-state index in [9.17, 15) is 9.59 Å². The van der Waals surface area contributed by atoms with Crippen molar-refractivity contribution < 1.29 is 19.4 Å². The Morgan fingerprint density at radius 2 is 1.72 bits per heavy atom. The second-order valence-electron chi connectivity index (χ2n) is 5.73. The fourth-order valence-electron chi connectivity index (χ4n) is 1.89. The van der Waals surface area contributed by atoms with Gasteiger partial charge in [0.05, 0.1) is 12.3 Å². The molecule has 1 amide bonds. The molecule has 128 valence electrons. The van der Waals surface area contributed by atoms with Gasteiger partial charge in [-0.2, -0.15) is 0 Å². The van der Waals surface area contributed by atoms with Gasteiger partial charge < -0.3 is 5.32 Å². The van der Waals surface area contributed by atoms with E-state index in [1.807, 2.05) is 0 Å². The molecular formula is C20H19NO4. The number of hydrogen-bond acceptors (Lipinski definition) is 4. The largest absolute Gasteiger partial charge is 0.357 e. The van der Waals surface area contributed by atoms with Crippen molar-refractivity contribution in [3.63, 3.8) is 0 Å². The molecule has 0 aromatic heterocycles. The number of carbonyl (C=O) groups excluding carboxylic acids is 2. The molecule has 5 heteroatoms. The third-order valence-electron chi connectivity index (χ3n) is 3.31. The fourth-order valence-corrected chi connectivity index (χ4v) is 1.89. The van der Waals surface area contributed by atoms with E-state index in [-0.39, 0.29) is 18.2 Å². The number of carbonyl (C=O) groups is 2. The molecule has 2 aromatic rings. The molecule has 0 radical (unpaired) electrons. The molecular weight excluding hydrogens is 318 g/mol. The molecule has 1 N–H and O–H groups in total. The molecule has 0 bridgehead atoms. The maximum Gasteiger partial charge on any atom is 0.357 e. The molecule has 0 unspecified atom stereocenters. The molecule has 0 atom stereocenters. The Morgan fingerprint density at radius 3 is 2.28 bits per heavy atom. The van der Waals surface area contributed by atoms with Crippen molar-refractivity contribution in [3.05, 3.63) is 59.7 Å². The van der Waals surface area contributed by atoms with Gasteiger partial charge in [-0.05, 0) is 42.0 Å². The minimum absolute atomic E-state index is 0.145. The molecule has 0 spiro atoms. The normalized spacial score (nSPS) is 10.0. The van der Waals surface area contributed by atoms with Crippen LogP contribution < -0.4 is 10.2 Å². The molecule has 0 heterocycles. The zero-order valence-electron chi connectivity index (χ0n) is 14.1. The maximum absolute atomic E-state index is 12.1. The standard InChI is InChI=1S/C20H19NO4/c1-4-15-5-9-17(10-6-15)21-19(22)13-16-7-11-18(12-8-16)24-25-20(23)14(2)3/h1,5-12,14H,13H2,2-3H3,(H,21,22). The first-order chi connectivity index (χ1) is 12.0. The van der Waals surface area contributed by atoms with Crippen LogP contribution in [0.2, 0.25) is 0 Å². The monoisotopic (exact) mass is 337 g/mol. The van der Waals surface area contributed by atoms with Crippen molar-refractivity contribution in [2.24, 2.45) is 5.92 Å². The number of rotatable bonds is 6. The van der Waals surface area contributed by atoms with Crippen molar-refractivity contribution >= 4 is 17.6 Å². The molecule has 25 heavy (non-hydrogen) atoms. The maximum atomic E-state index is 12.1. The van der Waals surface area contributed by atoms with Crippen molar-refractivity contribution in [2.75, 3.05) is 5.32 Å². The minimum atomic E-state index is -0.445. The lowest BCUT2D eigenvalue weighted by atomic mass is 10.1. The molecule has 0 aliphatic heterocycles. The van der Waals surface area contributed by atoms with Crippen LogP contribution in [0.3, 0.4) is 0 Å². The highest BCUT2D eigenvalue weighted by Crippen LogP contribution is 2.15. The molecule has 5 nitrogen and oxygen atoms in total. The summed E-state index contributed by atoms with van der Waals surface area (Å²) in [5.41, 5.74) is 2.25. The second kappa shape index (κ2) is 8.55. The Morgan fingerprint density at radius 1 is 1.08 bits per heavy atom. The lowest BCUT2D eigenvalue weighted by Gasteiger charge is -2.08. The summed E-state index contributed by atoms with van der Waals surface area (Å²) < 4.78 is 0. The van der Waals surface area contributed by atoms with Crippen LogP contribution >= 0.6 is 0 Å². The quantitative estimate of drug-likeness (QED) is 0.499. The SMILES string of the molecule is C#Cc1ccc(NC(=O)Cc2ccc(OOC(=O)C(C)C)cc2)cc1. The average Bonchev–Trinajstić information content (AvgIpc) is 2.61. The summed E-state index contributed by atoms with van der Waals surface area (Å²) in [7, 11) is 0. The van der Waals surface area contributed by atoms with Crippen LogP contribution in [0.5, 0.6) is 5.75 Å². The van der Waals surface area contributed by atoms with Crippen LogP contribution in [0.1, 0.15) is 25.0 Å². The lowest BCUT2D eigenvalue weighted by Crippen LogP contribution is -2.15. The molecule has 2 aromatic carbocycles. The summed E-state index contributed by atoms with van der Waals surface area (Å²) in [4.78, 5) is 33.0. The lowest BCUT2D eigenvalue weighted by molar-refractivity contribution is -0.217. The molecule has 0 fully saturated rings. The van der Waals surface area contributed by atoms with E-state index in [4.69, 9.17) is 11.3 Å². The van der Waals surface area contributed by atoms with E-state index in [0.29, 0.717) is 11.4 Å². The van der Waals surface area contributed by atoms with Crippen LogP contribution in [0.15, 0.2) is 48.5 Å². The zero-order chi connectivity index (χ0) is 18.2. The first kappa shape index (κ1) is 18.1.